The molecule has 28 heavy (non-hydrogen) atoms. The molecule has 1 aromatic carbocycles. The molecule has 0 atom stereocenters. The molecule has 0 aliphatic rings. The van der Waals surface area contributed by atoms with Crippen LogP contribution in [-0.4, -0.2) is 45.4 Å². The van der Waals surface area contributed by atoms with E-state index in [0.717, 1.165) is 24.5 Å². The summed E-state index contributed by atoms with van der Waals surface area (Å²) in [6, 6.07) is 1.71. The lowest BCUT2D eigenvalue weighted by Gasteiger charge is -2.18. The summed E-state index contributed by atoms with van der Waals surface area (Å²) in [6.07, 6.45) is -10.2. The molecule has 1 rings (SSSR count). The van der Waals surface area contributed by atoms with Crippen molar-refractivity contribution >= 4 is 21.8 Å². The van der Waals surface area contributed by atoms with Crippen LogP contribution in [0.3, 0.4) is 0 Å². The lowest BCUT2D eigenvalue weighted by atomic mass is 10.1. The maximum Gasteiger partial charge on any atom is 0.416 e. The molecule has 13 heteroatoms. The Labute approximate surface area is 157 Å². The van der Waals surface area contributed by atoms with Gasteiger partial charge in [0.05, 0.1) is 16.8 Å². The molecule has 0 saturated carbocycles. The number of rotatable bonds is 7. The molecule has 0 radical (unpaired) electrons. The van der Waals surface area contributed by atoms with Crippen molar-refractivity contribution in [2.75, 3.05) is 25.4 Å². The van der Waals surface area contributed by atoms with Gasteiger partial charge >= 0.3 is 22.6 Å². The van der Waals surface area contributed by atoms with Crippen molar-refractivity contribution < 1.29 is 39.6 Å². The molecule has 0 saturated heterocycles. The minimum Gasteiger partial charge on any atom is -0.352 e. The SMILES string of the molecule is C=C(CCNC(=O)c1cc(C(F)(F)F)ccc1NS(=O)(=O)N(C)C)C(F)(F)F. The number of hydrogen-bond donors (Lipinski definition) is 2. The third kappa shape index (κ3) is 6.41. The van der Waals surface area contributed by atoms with Crippen molar-refractivity contribution in [1.29, 1.82) is 0 Å². The number of hydrogen-bond acceptors (Lipinski definition) is 3. The lowest BCUT2D eigenvalue weighted by molar-refractivity contribution is -0.137. The Morgan fingerprint density at radius 2 is 1.71 bits per heavy atom. The van der Waals surface area contributed by atoms with Crippen LogP contribution >= 0.6 is 0 Å². The number of carbonyl (C=O) groups is 1. The summed E-state index contributed by atoms with van der Waals surface area (Å²) >= 11 is 0. The zero-order chi connectivity index (χ0) is 21.9. The van der Waals surface area contributed by atoms with Crippen LogP contribution in [0, 0.1) is 0 Å². The van der Waals surface area contributed by atoms with Gasteiger partial charge in [-0.15, -0.1) is 0 Å². The highest BCUT2D eigenvalue weighted by atomic mass is 32.2. The Morgan fingerprint density at radius 1 is 1.14 bits per heavy atom. The Morgan fingerprint density at radius 3 is 2.18 bits per heavy atom. The second-order valence-electron chi connectivity index (χ2n) is 5.75. The minimum absolute atomic E-state index is 0.404. The number of amides is 1. The molecular weight excluding hydrogens is 416 g/mol. The second kappa shape index (κ2) is 8.39. The Balaban J connectivity index is 3.14. The van der Waals surface area contributed by atoms with Gasteiger partial charge in [0, 0.05) is 26.2 Å². The van der Waals surface area contributed by atoms with Gasteiger partial charge in [0.2, 0.25) is 0 Å². The average Bonchev–Trinajstić information content (AvgIpc) is 2.52. The van der Waals surface area contributed by atoms with Gasteiger partial charge in [-0.2, -0.15) is 39.1 Å². The van der Waals surface area contributed by atoms with E-state index in [1.165, 1.54) is 0 Å². The van der Waals surface area contributed by atoms with E-state index in [9.17, 15) is 39.6 Å². The van der Waals surface area contributed by atoms with E-state index in [1.807, 2.05) is 10.0 Å². The van der Waals surface area contributed by atoms with Gasteiger partial charge in [0.1, 0.15) is 0 Å². The van der Waals surface area contributed by atoms with Gasteiger partial charge in [0.25, 0.3) is 5.91 Å². The average molecular weight is 433 g/mol. The van der Waals surface area contributed by atoms with E-state index in [2.05, 4.69) is 6.58 Å². The first-order valence-electron chi connectivity index (χ1n) is 7.50. The largest absolute Gasteiger partial charge is 0.416 e. The fraction of sp³-hybridized carbons (Fsp3) is 0.400. The fourth-order valence-corrected chi connectivity index (χ4v) is 2.43. The lowest BCUT2D eigenvalue weighted by Crippen LogP contribution is -2.31. The summed E-state index contributed by atoms with van der Waals surface area (Å²) in [5, 5.41) is 2.02. The highest BCUT2D eigenvalue weighted by Gasteiger charge is 2.33. The molecule has 2 N–H and O–H groups in total. The van der Waals surface area contributed by atoms with Crippen molar-refractivity contribution in [3.8, 4) is 0 Å². The fourth-order valence-electron chi connectivity index (χ4n) is 1.79. The molecule has 0 bridgehead atoms. The van der Waals surface area contributed by atoms with Gasteiger partial charge in [-0.25, -0.2) is 0 Å². The third-order valence-corrected chi connectivity index (χ3v) is 4.86. The standard InChI is InChI=1S/C15H17F6N3O3S/c1-9(14(16,17)18)6-7-22-13(25)11-8-10(15(19,20)21)4-5-12(11)23-28(26,27)24(2)3/h4-5,8,23H,1,6-7H2,2-3H3,(H,22,25). The first-order chi connectivity index (χ1) is 12.6. The van der Waals surface area contributed by atoms with Crippen molar-refractivity contribution in [3.63, 3.8) is 0 Å². The number of nitrogens with zero attached hydrogens (tertiary/aromatic N) is 1. The molecule has 6 nitrogen and oxygen atoms in total. The van der Waals surface area contributed by atoms with Crippen LogP contribution in [0.15, 0.2) is 30.4 Å². The van der Waals surface area contributed by atoms with Gasteiger partial charge in [0.15, 0.2) is 0 Å². The Hall–Kier alpha value is -2.28. The molecule has 1 amide bonds. The number of anilines is 1. The van der Waals surface area contributed by atoms with Crippen LogP contribution in [0.2, 0.25) is 0 Å². The van der Waals surface area contributed by atoms with E-state index in [4.69, 9.17) is 0 Å². The molecule has 0 unspecified atom stereocenters. The maximum atomic E-state index is 12.9. The molecule has 0 spiro atoms. The van der Waals surface area contributed by atoms with E-state index in [1.54, 1.807) is 0 Å². The molecule has 0 aliphatic heterocycles. The third-order valence-electron chi connectivity index (χ3n) is 3.42. The molecule has 0 aliphatic carbocycles. The van der Waals surface area contributed by atoms with Gasteiger partial charge in [-0.05, 0) is 24.6 Å². The van der Waals surface area contributed by atoms with E-state index in [-0.39, 0.29) is 0 Å². The smallest absolute Gasteiger partial charge is 0.352 e. The summed E-state index contributed by atoms with van der Waals surface area (Å²) < 4.78 is 102. The van der Waals surface area contributed by atoms with Crippen LogP contribution in [0.25, 0.3) is 0 Å². The molecule has 1 aromatic rings. The first-order valence-corrected chi connectivity index (χ1v) is 8.94. The molecule has 0 fully saturated rings. The van der Waals surface area contributed by atoms with Crippen LogP contribution < -0.4 is 10.0 Å². The van der Waals surface area contributed by atoms with Gasteiger partial charge in [-0.3, -0.25) is 9.52 Å². The zero-order valence-electron chi connectivity index (χ0n) is 14.7. The Bertz CT molecular complexity index is 848. The highest BCUT2D eigenvalue weighted by Crippen LogP contribution is 2.32. The number of nitrogens with one attached hydrogen (secondary N) is 2. The van der Waals surface area contributed by atoms with Crippen molar-refractivity contribution in [3.05, 3.63) is 41.5 Å². The maximum absolute atomic E-state index is 12.9. The van der Waals surface area contributed by atoms with Crippen LogP contribution in [0.1, 0.15) is 22.3 Å². The highest BCUT2D eigenvalue weighted by molar-refractivity contribution is 7.90. The van der Waals surface area contributed by atoms with E-state index >= 15 is 0 Å². The summed E-state index contributed by atoms with van der Waals surface area (Å²) in [7, 11) is -1.85. The topological polar surface area (TPSA) is 78.5 Å². The summed E-state index contributed by atoms with van der Waals surface area (Å²) in [5.41, 5.74) is -3.53. The van der Waals surface area contributed by atoms with Crippen LogP contribution in [0.4, 0.5) is 32.0 Å². The monoisotopic (exact) mass is 433 g/mol. The predicted molar refractivity (Wildman–Crippen MR) is 89.8 cm³/mol. The van der Waals surface area contributed by atoms with Crippen molar-refractivity contribution in [2.24, 2.45) is 0 Å². The normalized spacial score (nSPS) is 12.8. The number of alkyl halides is 6. The summed E-state index contributed by atoms with van der Waals surface area (Å²) in [5.74, 6) is -1.18. The van der Waals surface area contributed by atoms with E-state index in [0.29, 0.717) is 12.1 Å². The summed E-state index contributed by atoms with van der Waals surface area (Å²) in [4.78, 5) is 12.2. The van der Waals surface area contributed by atoms with Gasteiger partial charge in [-0.1, -0.05) is 6.58 Å². The summed E-state index contributed by atoms with van der Waals surface area (Å²) in [6.45, 7) is 2.24. The number of halogens is 6. The molecular formula is C15H17F6N3O3S. The van der Waals surface area contributed by atoms with Crippen molar-refractivity contribution in [2.45, 2.75) is 18.8 Å². The molecule has 0 heterocycles. The van der Waals surface area contributed by atoms with Crippen LogP contribution in [0.5, 0.6) is 0 Å². The quantitative estimate of drug-likeness (QED) is 0.512. The van der Waals surface area contributed by atoms with Crippen LogP contribution in [-0.2, 0) is 16.4 Å². The Kier molecular flexibility index (Phi) is 7.12. The number of carbonyl (C=O) groups excluding carboxylic acids is 1. The zero-order valence-corrected chi connectivity index (χ0v) is 15.5. The van der Waals surface area contributed by atoms with E-state index < -0.39 is 63.8 Å². The van der Waals surface area contributed by atoms with Gasteiger partial charge < -0.3 is 5.32 Å². The predicted octanol–water partition coefficient (Wildman–Crippen LogP) is 3.16. The first kappa shape index (κ1) is 23.8. The molecule has 158 valence electrons. The number of benzene rings is 1. The molecule has 0 aromatic heterocycles. The van der Waals surface area contributed by atoms with Crippen molar-refractivity contribution in [1.82, 2.24) is 9.62 Å². The second-order valence-corrected chi connectivity index (χ2v) is 7.64. The minimum atomic E-state index is -4.82.